The number of hydrogen-bond donors (Lipinski definition) is 1. The Bertz CT molecular complexity index is 694. The molecule has 1 unspecified atom stereocenters. The number of nitrogens with one attached hydrogen (secondary N) is 1. The second-order valence-corrected chi connectivity index (χ2v) is 6.58. The van der Waals surface area contributed by atoms with Gasteiger partial charge in [-0.1, -0.05) is 42.5 Å². The zero-order valence-electron chi connectivity index (χ0n) is 14.9. The van der Waals surface area contributed by atoms with Gasteiger partial charge in [-0.15, -0.1) is 0 Å². The molecular formula is C21H26N2O2. The highest BCUT2D eigenvalue weighted by Gasteiger charge is 2.26. The minimum atomic E-state index is -0.0834. The van der Waals surface area contributed by atoms with E-state index < -0.39 is 0 Å². The molecule has 1 aliphatic rings. The first kappa shape index (κ1) is 17.3. The normalized spacial score (nSPS) is 16.3. The summed E-state index contributed by atoms with van der Waals surface area (Å²) in [4.78, 5) is 14.7. The van der Waals surface area contributed by atoms with Crippen LogP contribution < -0.4 is 10.1 Å². The molecule has 2 aromatic rings. The summed E-state index contributed by atoms with van der Waals surface area (Å²) in [6.45, 7) is 3.59. The maximum absolute atomic E-state index is 12.7. The van der Waals surface area contributed by atoms with Crippen molar-refractivity contribution >= 4 is 11.6 Å². The van der Waals surface area contributed by atoms with Crippen LogP contribution in [0.3, 0.4) is 0 Å². The summed E-state index contributed by atoms with van der Waals surface area (Å²) in [5.74, 6) is 1.00. The van der Waals surface area contributed by atoms with Crippen LogP contribution >= 0.6 is 0 Å². The lowest BCUT2D eigenvalue weighted by atomic mass is 9.97. The van der Waals surface area contributed by atoms with E-state index in [1.54, 1.807) is 7.11 Å². The van der Waals surface area contributed by atoms with Crippen molar-refractivity contribution in [2.24, 2.45) is 0 Å². The summed E-state index contributed by atoms with van der Waals surface area (Å²) < 4.78 is 5.40. The number of hydrogen-bond acceptors (Lipinski definition) is 3. The first-order chi connectivity index (χ1) is 12.2. The Morgan fingerprint density at radius 3 is 2.40 bits per heavy atom. The second-order valence-electron chi connectivity index (χ2n) is 6.58. The van der Waals surface area contributed by atoms with E-state index in [0.717, 1.165) is 42.9 Å². The third-order valence-electron chi connectivity index (χ3n) is 4.94. The van der Waals surface area contributed by atoms with Crippen LogP contribution in [-0.4, -0.2) is 37.0 Å². The summed E-state index contributed by atoms with van der Waals surface area (Å²) >= 11 is 0. The van der Waals surface area contributed by atoms with Crippen molar-refractivity contribution in [1.29, 1.82) is 0 Å². The monoisotopic (exact) mass is 338 g/mol. The largest absolute Gasteiger partial charge is 0.495 e. The number of amides is 1. The van der Waals surface area contributed by atoms with Gasteiger partial charge in [0.2, 0.25) is 5.91 Å². The number of likely N-dealkylation sites (tertiary alicyclic amines) is 1. The van der Waals surface area contributed by atoms with E-state index in [1.807, 2.05) is 66.4 Å². The minimum absolute atomic E-state index is 0.0834. The van der Waals surface area contributed by atoms with Gasteiger partial charge in [-0.2, -0.15) is 0 Å². The molecule has 0 bridgehead atoms. The summed E-state index contributed by atoms with van der Waals surface area (Å²) in [5, 5.41) is 3.56. The second kappa shape index (κ2) is 8.06. The number of para-hydroxylation sites is 2. The number of ether oxygens (including phenoxy) is 1. The highest BCUT2D eigenvalue weighted by molar-refractivity contribution is 5.83. The third-order valence-corrected chi connectivity index (χ3v) is 4.94. The molecular weight excluding hydrogens is 312 g/mol. The molecule has 0 aliphatic carbocycles. The summed E-state index contributed by atoms with van der Waals surface area (Å²) in [6.07, 6.45) is 1.90. The molecule has 0 aromatic heterocycles. The fourth-order valence-electron chi connectivity index (χ4n) is 3.39. The Balaban J connectivity index is 1.56. The van der Waals surface area contributed by atoms with Gasteiger partial charge >= 0.3 is 0 Å². The Hall–Kier alpha value is -2.49. The molecule has 0 saturated carbocycles. The van der Waals surface area contributed by atoms with Crippen LogP contribution in [0.1, 0.15) is 31.2 Å². The molecule has 1 atom stereocenters. The third kappa shape index (κ3) is 4.13. The molecule has 1 saturated heterocycles. The molecule has 1 N–H and O–H groups in total. The number of carbonyl (C=O) groups is 1. The van der Waals surface area contributed by atoms with Crippen LogP contribution in [-0.2, 0) is 4.79 Å². The molecule has 0 spiro atoms. The van der Waals surface area contributed by atoms with Gasteiger partial charge in [-0.25, -0.2) is 0 Å². The lowest BCUT2D eigenvalue weighted by Crippen LogP contribution is -2.43. The van der Waals surface area contributed by atoms with E-state index in [2.05, 4.69) is 5.32 Å². The maximum atomic E-state index is 12.7. The Labute approximate surface area is 149 Å². The number of anilines is 1. The minimum Gasteiger partial charge on any atom is -0.495 e. The van der Waals surface area contributed by atoms with Gasteiger partial charge in [0.05, 0.1) is 18.7 Å². The molecule has 2 aromatic carbocycles. The van der Waals surface area contributed by atoms with Crippen molar-refractivity contribution in [3.8, 4) is 5.75 Å². The fraction of sp³-hybridized carbons (Fsp3) is 0.381. The molecule has 25 heavy (non-hydrogen) atoms. The van der Waals surface area contributed by atoms with Gasteiger partial charge in [0, 0.05) is 19.1 Å². The predicted molar refractivity (Wildman–Crippen MR) is 101 cm³/mol. The Morgan fingerprint density at radius 1 is 1.08 bits per heavy atom. The lowest BCUT2D eigenvalue weighted by Gasteiger charge is -2.34. The molecule has 1 amide bonds. The van der Waals surface area contributed by atoms with Crippen molar-refractivity contribution in [1.82, 2.24) is 4.90 Å². The van der Waals surface area contributed by atoms with Gasteiger partial charge in [0.1, 0.15) is 5.75 Å². The number of methoxy groups -OCH3 is 1. The van der Waals surface area contributed by atoms with Crippen LogP contribution in [0.4, 0.5) is 5.69 Å². The average Bonchev–Trinajstić information content (AvgIpc) is 2.68. The number of piperidine rings is 1. The van der Waals surface area contributed by atoms with Gasteiger partial charge in [-0.3, -0.25) is 4.79 Å². The van der Waals surface area contributed by atoms with E-state index in [9.17, 15) is 4.79 Å². The average molecular weight is 338 g/mol. The van der Waals surface area contributed by atoms with Crippen LogP contribution in [0.15, 0.2) is 54.6 Å². The quantitative estimate of drug-likeness (QED) is 0.899. The smallest absolute Gasteiger partial charge is 0.229 e. The standard InChI is InChI=1S/C21H26N2O2/c1-16(17-8-4-3-5-9-17)21(24)23-14-12-18(13-15-23)22-19-10-6-7-11-20(19)25-2/h3-11,16,18,22H,12-15H2,1-2H3. The summed E-state index contributed by atoms with van der Waals surface area (Å²) in [7, 11) is 1.69. The molecule has 1 heterocycles. The number of benzene rings is 2. The predicted octanol–water partition coefficient (Wildman–Crippen LogP) is 3.90. The number of nitrogens with zero attached hydrogens (tertiary/aromatic N) is 1. The highest BCUT2D eigenvalue weighted by atomic mass is 16.5. The fourth-order valence-corrected chi connectivity index (χ4v) is 3.39. The van der Waals surface area contributed by atoms with Gasteiger partial charge in [-0.05, 0) is 37.5 Å². The zero-order valence-corrected chi connectivity index (χ0v) is 14.9. The van der Waals surface area contributed by atoms with Crippen molar-refractivity contribution in [2.45, 2.75) is 31.7 Å². The SMILES string of the molecule is COc1ccccc1NC1CCN(C(=O)C(C)c2ccccc2)CC1. The summed E-state index contributed by atoms with van der Waals surface area (Å²) in [5.41, 5.74) is 2.11. The lowest BCUT2D eigenvalue weighted by molar-refractivity contribution is -0.133. The van der Waals surface area contributed by atoms with Crippen LogP contribution in [0.5, 0.6) is 5.75 Å². The van der Waals surface area contributed by atoms with E-state index in [1.165, 1.54) is 0 Å². The van der Waals surface area contributed by atoms with Crippen LogP contribution in [0.25, 0.3) is 0 Å². The van der Waals surface area contributed by atoms with E-state index in [0.29, 0.717) is 6.04 Å². The van der Waals surface area contributed by atoms with Crippen molar-refractivity contribution in [2.75, 3.05) is 25.5 Å². The van der Waals surface area contributed by atoms with E-state index in [-0.39, 0.29) is 11.8 Å². The summed E-state index contributed by atoms with van der Waals surface area (Å²) in [6, 6.07) is 18.3. The highest BCUT2D eigenvalue weighted by Crippen LogP contribution is 2.27. The van der Waals surface area contributed by atoms with E-state index in [4.69, 9.17) is 4.74 Å². The molecule has 1 aliphatic heterocycles. The first-order valence-corrected chi connectivity index (χ1v) is 8.92. The maximum Gasteiger partial charge on any atom is 0.229 e. The molecule has 3 rings (SSSR count). The van der Waals surface area contributed by atoms with Crippen LogP contribution in [0, 0.1) is 0 Å². The zero-order chi connectivity index (χ0) is 17.6. The molecule has 4 heteroatoms. The topological polar surface area (TPSA) is 41.6 Å². The number of carbonyl (C=O) groups excluding carboxylic acids is 1. The Morgan fingerprint density at radius 2 is 1.72 bits per heavy atom. The molecule has 4 nitrogen and oxygen atoms in total. The van der Waals surface area contributed by atoms with Gasteiger partial charge < -0.3 is 15.0 Å². The molecule has 0 radical (unpaired) electrons. The van der Waals surface area contributed by atoms with E-state index >= 15 is 0 Å². The van der Waals surface area contributed by atoms with Gasteiger partial charge in [0.15, 0.2) is 0 Å². The van der Waals surface area contributed by atoms with Crippen molar-refractivity contribution in [3.63, 3.8) is 0 Å². The number of rotatable bonds is 5. The van der Waals surface area contributed by atoms with Crippen molar-refractivity contribution in [3.05, 3.63) is 60.2 Å². The Kier molecular flexibility index (Phi) is 5.59. The first-order valence-electron chi connectivity index (χ1n) is 8.92. The molecule has 132 valence electrons. The molecule has 1 fully saturated rings. The van der Waals surface area contributed by atoms with Gasteiger partial charge in [0.25, 0.3) is 0 Å². The van der Waals surface area contributed by atoms with Crippen LogP contribution in [0.2, 0.25) is 0 Å². The van der Waals surface area contributed by atoms with Crippen molar-refractivity contribution < 1.29 is 9.53 Å².